The van der Waals surface area contributed by atoms with Crippen molar-refractivity contribution in [3.63, 3.8) is 0 Å². The molecule has 0 bridgehead atoms. The lowest BCUT2D eigenvalue weighted by atomic mass is 10.6. The van der Waals surface area contributed by atoms with Gasteiger partial charge in [0.15, 0.2) is 5.03 Å². The van der Waals surface area contributed by atoms with Crippen molar-refractivity contribution in [2.45, 2.75) is 5.03 Å². The van der Waals surface area contributed by atoms with Gasteiger partial charge in [0.2, 0.25) is 5.88 Å². The number of primary sulfonamides is 1. The molecule has 0 saturated heterocycles. The molecule has 0 aliphatic heterocycles. The average molecular weight is 189 g/mol. The third-order valence-corrected chi connectivity index (χ3v) is 1.92. The lowest BCUT2D eigenvalue weighted by Gasteiger charge is -1.98. The minimum atomic E-state index is -3.77. The molecule has 1 aromatic heterocycles. The molecule has 0 aliphatic carbocycles. The largest absolute Gasteiger partial charge is 0.481 e. The van der Waals surface area contributed by atoms with Crippen molar-refractivity contribution >= 4 is 10.0 Å². The summed E-state index contributed by atoms with van der Waals surface area (Å²) in [5, 5.41) is 4.55. The second-order valence-electron chi connectivity index (χ2n) is 1.94. The van der Waals surface area contributed by atoms with Crippen molar-refractivity contribution in [1.29, 1.82) is 0 Å². The highest BCUT2D eigenvalue weighted by Crippen LogP contribution is 2.08. The maximum absolute atomic E-state index is 10.7. The van der Waals surface area contributed by atoms with Gasteiger partial charge in [-0.2, -0.15) is 0 Å². The van der Waals surface area contributed by atoms with Crippen LogP contribution in [-0.4, -0.2) is 25.5 Å². The molecule has 2 N–H and O–H groups in total. The summed E-state index contributed by atoms with van der Waals surface area (Å²) in [6.45, 7) is 0. The van der Waals surface area contributed by atoms with E-state index in [-0.39, 0.29) is 10.9 Å². The van der Waals surface area contributed by atoms with E-state index in [1.807, 2.05) is 0 Å². The zero-order valence-corrected chi connectivity index (χ0v) is 7.08. The molecule has 7 heteroatoms. The topological polar surface area (TPSA) is 95.2 Å². The standard InChI is InChI=1S/C5H7N3O3S/c1-11-4-2-5(8-3-7-4)12(6,9)10/h2-3H,1H3,(H2,6,9,10). The Balaban J connectivity index is 3.20. The lowest BCUT2D eigenvalue weighted by molar-refractivity contribution is 0.394. The molecule has 0 aliphatic rings. The maximum atomic E-state index is 10.7. The predicted octanol–water partition coefficient (Wildman–Crippen LogP) is -0.867. The highest BCUT2D eigenvalue weighted by molar-refractivity contribution is 7.89. The number of aromatic nitrogens is 2. The van der Waals surface area contributed by atoms with Crippen molar-refractivity contribution in [3.8, 4) is 5.88 Å². The average Bonchev–Trinajstić information content (AvgIpc) is 2.03. The maximum Gasteiger partial charge on any atom is 0.255 e. The van der Waals surface area contributed by atoms with Crippen molar-refractivity contribution in [3.05, 3.63) is 12.4 Å². The van der Waals surface area contributed by atoms with E-state index in [0.29, 0.717) is 0 Å². The quantitative estimate of drug-likeness (QED) is 0.610. The van der Waals surface area contributed by atoms with Gasteiger partial charge >= 0.3 is 0 Å². The molecule has 66 valence electrons. The molecular formula is C5H7N3O3S. The fourth-order valence-corrected chi connectivity index (χ4v) is 1.05. The number of nitrogens with two attached hydrogens (primary N) is 1. The van der Waals surface area contributed by atoms with E-state index in [0.717, 1.165) is 12.4 Å². The van der Waals surface area contributed by atoms with E-state index in [9.17, 15) is 8.42 Å². The van der Waals surface area contributed by atoms with Crippen molar-refractivity contribution in [2.75, 3.05) is 7.11 Å². The lowest BCUT2D eigenvalue weighted by Crippen LogP contribution is -2.14. The van der Waals surface area contributed by atoms with Gasteiger partial charge in [0.25, 0.3) is 10.0 Å². The van der Waals surface area contributed by atoms with E-state index in [2.05, 4.69) is 14.7 Å². The molecule has 1 aromatic rings. The first-order valence-corrected chi connectivity index (χ1v) is 4.47. The summed E-state index contributed by atoms with van der Waals surface area (Å²) >= 11 is 0. The van der Waals surface area contributed by atoms with Gasteiger partial charge in [-0.15, -0.1) is 0 Å². The fraction of sp³-hybridized carbons (Fsp3) is 0.200. The van der Waals surface area contributed by atoms with Crippen LogP contribution in [0.25, 0.3) is 0 Å². The fourth-order valence-electron chi connectivity index (χ4n) is 0.590. The Morgan fingerprint density at radius 3 is 2.67 bits per heavy atom. The van der Waals surface area contributed by atoms with Crippen LogP contribution < -0.4 is 9.88 Å². The highest BCUT2D eigenvalue weighted by atomic mass is 32.2. The Kier molecular flexibility index (Phi) is 2.25. The first-order chi connectivity index (χ1) is 5.54. The Morgan fingerprint density at radius 1 is 1.50 bits per heavy atom. The normalized spacial score (nSPS) is 11.2. The molecule has 0 aromatic carbocycles. The predicted molar refractivity (Wildman–Crippen MR) is 40.0 cm³/mol. The van der Waals surface area contributed by atoms with Crippen LogP contribution in [0, 0.1) is 0 Å². The van der Waals surface area contributed by atoms with E-state index in [1.165, 1.54) is 7.11 Å². The molecule has 6 nitrogen and oxygen atoms in total. The smallest absolute Gasteiger partial charge is 0.255 e. The summed E-state index contributed by atoms with van der Waals surface area (Å²) in [5.41, 5.74) is 0. The van der Waals surface area contributed by atoms with Crippen molar-refractivity contribution in [1.82, 2.24) is 9.97 Å². The van der Waals surface area contributed by atoms with E-state index < -0.39 is 10.0 Å². The summed E-state index contributed by atoms with van der Waals surface area (Å²) in [4.78, 5) is 7.07. The van der Waals surface area contributed by atoms with E-state index in [1.54, 1.807) is 0 Å². The van der Waals surface area contributed by atoms with E-state index >= 15 is 0 Å². The van der Waals surface area contributed by atoms with Gasteiger partial charge in [0, 0.05) is 6.07 Å². The van der Waals surface area contributed by atoms with Crippen LogP contribution in [0.4, 0.5) is 0 Å². The minimum Gasteiger partial charge on any atom is -0.481 e. The Bertz CT molecular complexity index is 375. The van der Waals surface area contributed by atoms with Crippen LogP contribution in [0.2, 0.25) is 0 Å². The number of hydrogen-bond donors (Lipinski definition) is 1. The molecule has 12 heavy (non-hydrogen) atoms. The molecule has 1 rings (SSSR count). The summed E-state index contributed by atoms with van der Waals surface area (Å²) in [6.07, 6.45) is 1.07. The van der Waals surface area contributed by atoms with E-state index in [4.69, 9.17) is 5.14 Å². The zero-order valence-electron chi connectivity index (χ0n) is 6.26. The van der Waals surface area contributed by atoms with Crippen LogP contribution in [0.5, 0.6) is 5.88 Å². The molecule has 0 spiro atoms. The monoisotopic (exact) mass is 189 g/mol. The molecule has 0 saturated carbocycles. The highest BCUT2D eigenvalue weighted by Gasteiger charge is 2.10. The van der Waals surface area contributed by atoms with Gasteiger partial charge in [0.1, 0.15) is 6.33 Å². The second kappa shape index (κ2) is 3.03. The van der Waals surface area contributed by atoms with Crippen LogP contribution in [-0.2, 0) is 10.0 Å². The first-order valence-electron chi connectivity index (χ1n) is 2.93. The number of rotatable bonds is 2. The Morgan fingerprint density at radius 2 is 2.17 bits per heavy atom. The Hall–Kier alpha value is -1.21. The van der Waals surface area contributed by atoms with Crippen LogP contribution >= 0.6 is 0 Å². The minimum absolute atomic E-state index is 0.161. The van der Waals surface area contributed by atoms with Gasteiger partial charge in [-0.25, -0.2) is 23.5 Å². The van der Waals surface area contributed by atoms with Crippen LogP contribution in [0.3, 0.4) is 0 Å². The molecule has 0 atom stereocenters. The molecule has 0 fully saturated rings. The van der Waals surface area contributed by atoms with Gasteiger partial charge < -0.3 is 4.74 Å². The van der Waals surface area contributed by atoms with Crippen LogP contribution in [0.15, 0.2) is 17.4 Å². The van der Waals surface area contributed by atoms with Gasteiger partial charge in [-0.1, -0.05) is 0 Å². The summed E-state index contributed by atoms with van der Waals surface area (Å²) in [5.74, 6) is 0.161. The number of hydrogen-bond acceptors (Lipinski definition) is 5. The first kappa shape index (κ1) is 8.88. The van der Waals surface area contributed by atoms with Crippen molar-refractivity contribution < 1.29 is 13.2 Å². The molecule has 0 unspecified atom stereocenters. The molecular weight excluding hydrogens is 182 g/mol. The third-order valence-electron chi connectivity index (χ3n) is 1.12. The summed E-state index contributed by atoms with van der Waals surface area (Å²) in [6, 6.07) is 1.15. The molecule has 0 amide bonds. The number of nitrogens with zero attached hydrogens (tertiary/aromatic N) is 2. The number of methoxy groups -OCH3 is 1. The zero-order chi connectivity index (χ0) is 9.19. The number of sulfonamides is 1. The van der Waals surface area contributed by atoms with Gasteiger partial charge in [-0.3, -0.25) is 0 Å². The van der Waals surface area contributed by atoms with Gasteiger partial charge in [0.05, 0.1) is 7.11 Å². The summed E-state index contributed by atoms with van der Waals surface area (Å²) in [7, 11) is -2.40. The summed E-state index contributed by atoms with van der Waals surface area (Å²) < 4.78 is 26.1. The van der Waals surface area contributed by atoms with Crippen LogP contribution in [0.1, 0.15) is 0 Å². The SMILES string of the molecule is COc1cc(S(N)(=O)=O)ncn1. The second-order valence-corrected chi connectivity index (χ2v) is 3.45. The molecule has 1 heterocycles. The third kappa shape index (κ3) is 1.89. The number of ether oxygens (including phenoxy) is 1. The molecule has 0 radical (unpaired) electrons. The van der Waals surface area contributed by atoms with Gasteiger partial charge in [-0.05, 0) is 0 Å². The Labute approximate surface area is 69.4 Å². The van der Waals surface area contributed by atoms with Crippen molar-refractivity contribution in [2.24, 2.45) is 5.14 Å².